The van der Waals surface area contributed by atoms with Crippen LogP contribution in [0.2, 0.25) is 0 Å². The molecule has 1 fully saturated rings. The lowest BCUT2D eigenvalue weighted by molar-refractivity contribution is -0.140. The van der Waals surface area contributed by atoms with Crippen LogP contribution in [-0.2, 0) is 22.6 Å². The number of piperidine rings is 1. The second-order valence-corrected chi connectivity index (χ2v) is 6.55. The van der Waals surface area contributed by atoms with E-state index in [0.29, 0.717) is 19.6 Å². The highest BCUT2D eigenvalue weighted by atomic mass is 16.2. The summed E-state index contributed by atoms with van der Waals surface area (Å²) in [7, 11) is 0. The zero-order chi connectivity index (χ0) is 17.1. The van der Waals surface area contributed by atoms with Gasteiger partial charge < -0.3 is 15.1 Å². The number of nitrogens with zero attached hydrogens (tertiary/aromatic N) is 4. The molecular weight excluding hydrogens is 306 g/mol. The minimum atomic E-state index is -0.0766. The first kappa shape index (κ1) is 16.7. The third kappa shape index (κ3) is 3.49. The molecule has 1 atom stereocenters. The average molecular weight is 331 g/mol. The Morgan fingerprint density at radius 3 is 2.88 bits per heavy atom. The van der Waals surface area contributed by atoms with Crippen molar-refractivity contribution in [2.75, 3.05) is 31.5 Å². The quantitative estimate of drug-likeness (QED) is 0.896. The highest BCUT2D eigenvalue weighted by molar-refractivity contribution is 5.81. The Balaban J connectivity index is 1.68. The molecule has 1 aromatic heterocycles. The number of amides is 2. The summed E-state index contributed by atoms with van der Waals surface area (Å²) >= 11 is 0. The summed E-state index contributed by atoms with van der Waals surface area (Å²) in [6, 6.07) is 1.99. The summed E-state index contributed by atoms with van der Waals surface area (Å²) in [5, 5.41) is 11.6. The molecule has 3 rings (SSSR count). The van der Waals surface area contributed by atoms with Gasteiger partial charge >= 0.3 is 0 Å². The monoisotopic (exact) mass is 331 g/mol. The van der Waals surface area contributed by atoms with Gasteiger partial charge in [-0.05, 0) is 31.4 Å². The van der Waals surface area contributed by atoms with E-state index < -0.39 is 0 Å². The molecule has 2 amide bonds. The number of anilines is 1. The average Bonchev–Trinajstić information content (AvgIpc) is 2.61. The van der Waals surface area contributed by atoms with Gasteiger partial charge in [0.15, 0.2) is 0 Å². The number of hydrogen-bond donors (Lipinski definition) is 1. The lowest BCUT2D eigenvalue weighted by Crippen LogP contribution is -2.47. The van der Waals surface area contributed by atoms with Crippen molar-refractivity contribution in [1.82, 2.24) is 20.0 Å². The largest absolute Gasteiger partial charge is 0.369 e. The molecule has 0 unspecified atom stereocenters. The van der Waals surface area contributed by atoms with Gasteiger partial charge in [-0.2, -0.15) is 5.10 Å². The van der Waals surface area contributed by atoms with Gasteiger partial charge in [0, 0.05) is 46.1 Å². The molecule has 7 heteroatoms. The molecule has 1 N–H and O–H groups in total. The van der Waals surface area contributed by atoms with Gasteiger partial charge in [-0.3, -0.25) is 9.59 Å². The molecule has 1 aromatic rings. The Morgan fingerprint density at radius 2 is 2.12 bits per heavy atom. The zero-order valence-electron chi connectivity index (χ0n) is 14.4. The normalized spacial score (nSPS) is 20.5. The molecule has 2 aliphatic rings. The van der Waals surface area contributed by atoms with Gasteiger partial charge in [0.1, 0.15) is 5.82 Å². The number of rotatable bonds is 3. The number of fused-ring (bicyclic) bond motifs is 1. The minimum absolute atomic E-state index is 0.0574. The number of hydrogen-bond acceptors (Lipinski definition) is 5. The molecule has 3 heterocycles. The second-order valence-electron chi connectivity index (χ2n) is 6.55. The predicted molar refractivity (Wildman–Crippen MR) is 90.3 cm³/mol. The molecule has 0 saturated carbocycles. The maximum absolute atomic E-state index is 12.9. The molecule has 2 aliphatic heterocycles. The molecule has 1 saturated heterocycles. The Morgan fingerprint density at radius 1 is 1.29 bits per heavy atom. The maximum atomic E-state index is 12.9. The van der Waals surface area contributed by atoms with Crippen LogP contribution in [0, 0.1) is 5.92 Å². The summed E-state index contributed by atoms with van der Waals surface area (Å²) < 4.78 is 0. The van der Waals surface area contributed by atoms with Gasteiger partial charge in [-0.15, -0.1) is 5.10 Å². The van der Waals surface area contributed by atoms with E-state index >= 15 is 0 Å². The van der Waals surface area contributed by atoms with E-state index in [1.165, 1.54) is 0 Å². The van der Waals surface area contributed by atoms with Crippen molar-refractivity contribution in [1.29, 1.82) is 0 Å². The topological polar surface area (TPSA) is 78.4 Å². The molecule has 0 bridgehead atoms. The SMILES string of the molecule is CCNc1cc2c(nn1)CCN(C(=O)[C@H]1CCCN(C(C)=O)C1)C2. The first-order valence-electron chi connectivity index (χ1n) is 8.72. The van der Waals surface area contributed by atoms with Crippen molar-refractivity contribution in [3.8, 4) is 0 Å². The predicted octanol–water partition coefficient (Wildman–Crippen LogP) is 1.05. The minimum Gasteiger partial charge on any atom is -0.369 e. The van der Waals surface area contributed by atoms with E-state index in [9.17, 15) is 9.59 Å². The third-order valence-electron chi connectivity index (χ3n) is 4.83. The van der Waals surface area contributed by atoms with Crippen LogP contribution in [0.25, 0.3) is 0 Å². The fourth-order valence-electron chi connectivity index (χ4n) is 3.51. The van der Waals surface area contributed by atoms with E-state index in [1.54, 1.807) is 11.8 Å². The van der Waals surface area contributed by atoms with Crippen LogP contribution < -0.4 is 5.32 Å². The smallest absolute Gasteiger partial charge is 0.227 e. The standard InChI is InChI=1S/C17H25N5O2/c1-3-18-16-9-14-11-22(8-6-15(14)19-20-16)17(24)13-5-4-7-21(10-13)12(2)23/h9,13H,3-8,10-11H2,1-2H3,(H,18,20)/t13-/m0/s1. The Labute approximate surface area is 142 Å². The fraction of sp³-hybridized carbons (Fsp3) is 0.647. The van der Waals surface area contributed by atoms with Crippen molar-refractivity contribution < 1.29 is 9.59 Å². The Bertz CT molecular complexity index is 633. The van der Waals surface area contributed by atoms with Crippen molar-refractivity contribution in [3.05, 3.63) is 17.3 Å². The lowest BCUT2D eigenvalue weighted by Gasteiger charge is -2.36. The third-order valence-corrected chi connectivity index (χ3v) is 4.83. The summed E-state index contributed by atoms with van der Waals surface area (Å²) in [5.41, 5.74) is 2.05. The molecule has 24 heavy (non-hydrogen) atoms. The maximum Gasteiger partial charge on any atom is 0.227 e. The number of carbonyl (C=O) groups is 2. The fourth-order valence-corrected chi connectivity index (χ4v) is 3.51. The molecular formula is C17H25N5O2. The lowest BCUT2D eigenvalue weighted by atomic mass is 9.95. The van der Waals surface area contributed by atoms with Crippen LogP contribution in [0.15, 0.2) is 6.07 Å². The van der Waals surface area contributed by atoms with E-state index in [-0.39, 0.29) is 17.7 Å². The van der Waals surface area contributed by atoms with E-state index in [2.05, 4.69) is 15.5 Å². The van der Waals surface area contributed by atoms with Crippen molar-refractivity contribution >= 4 is 17.6 Å². The molecule has 130 valence electrons. The van der Waals surface area contributed by atoms with Gasteiger partial charge in [-0.25, -0.2) is 0 Å². The Hall–Kier alpha value is -2.18. The molecule has 0 aromatic carbocycles. The zero-order valence-corrected chi connectivity index (χ0v) is 14.4. The van der Waals surface area contributed by atoms with Crippen molar-refractivity contribution in [2.24, 2.45) is 5.92 Å². The highest BCUT2D eigenvalue weighted by Gasteiger charge is 2.32. The van der Waals surface area contributed by atoms with Gasteiger partial charge in [0.2, 0.25) is 11.8 Å². The molecule has 0 aliphatic carbocycles. The Kier molecular flexibility index (Phi) is 4.97. The number of nitrogens with one attached hydrogen (secondary N) is 1. The van der Waals surface area contributed by atoms with E-state index in [4.69, 9.17) is 0 Å². The van der Waals surface area contributed by atoms with Crippen LogP contribution >= 0.6 is 0 Å². The van der Waals surface area contributed by atoms with Crippen LogP contribution in [-0.4, -0.2) is 58.0 Å². The van der Waals surface area contributed by atoms with Crippen molar-refractivity contribution in [2.45, 2.75) is 39.7 Å². The summed E-state index contributed by atoms with van der Waals surface area (Å²) in [5.74, 6) is 0.897. The van der Waals surface area contributed by atoms with E-state index in [0.717, 1.165) is 49.4 Å². The first-order valence-corrected chi connectivity index (χ1v) is 8.72. The van der Waals surface area contributed by atoms with Crippen LogP contribution in [0.3, 0.4) is 0 Å². The highest BCUT2D eigenvalue weighted by Crippen LogP contribution is 2.24. The molecule has 0 spiro atoms. The van der Waals surface area contributed by atoms with E-state index in [1.807, 2.05) is 17.9 Å². The summed E-state index contributed by atoms with van der Waals surface area (Å²) in [6.45, 7) is 6.96. The molecule has 0 radical (unpaired) electrons. The summed E-state index contributed by atoms with van der Waals surface area (Å²) in [6.07, 6.45) is 2.50. The first-order chi connectivity index (χ1) is 11.6. The number of likely N-dealkylation sites (tertiary alicyclic amines) is 1. The van der Waals surface area contributed by atoms with Gasteiger partial charge in [0.05, 0.1) is 11.6 Å². The number of carbonyl (C=O) groups excluding carboxylic acids is 2. The van der Waals surface area contributed by atoms with Crippen LogP contribution in [0.5, 0.6) is 0 Å². The van der Waals surface area contributed by atoms with Gasteiger partial charge in [-0.1, -0.05) is 0 Å². The van der Waals surface area contributed by atoms with Crippen LogP contribution in [0.4, 0.5) is 5.82 Å². The number of aromatic nitrogens is 2. The van der Waals surface area contributed by atoms with Crippen LogP contribution in [0.1, 0.15) is 37.9 Å². The van der Waals surface area contributed by atoms with Crippen molar-refractivity contribution in [3.63, 3.8) is 0 Å². The van der Waals surface area contributed by atoms with Gasteiger partial charge in [0.25, 0.3) is 0 Å². The second kappa shape index (κ2) is 7.15. The molecule has 7 nitrogen and oxygen atoms in total. The summed E-state index contributed by atoms with van der Waals surface area (Å²) in [4.78, 5) is 28.2.